The molecule has 0 spiro atoms. The van der Waals surface area contributed by atoms with E-state index in [9.17, 15) is 4.79 Å². The lowest BCUT2D eigenvalue weighted by molar-refractivity contribution is 0.0600. The Labute approximate surface area is 101 Å². The summed E-state index contributed by atoms with van der Waals surface area (Å²) >= 11 is 5.53. The summed E-state index contributed by atoms with van der Waals surface area (Å²) in [5, 5.41) is 0. The van der Waals surface area contributed by atoms with Crippen LogP contribution in [0.3, 0.4) is 0 Å². The quantitative estimate of drug-likeness (QED) is 0.448. The number of carbonyl (C=O) groups is 1. The van der Waals surface area contributed by atoms with Gasteiger partial charge in [-0.3, -0.25) is 0 Å². The van der Waals surface area contributed by atoms with E-state index in [1.807, 2.05) is 13.0 Å². The molecule has 1 aromatic rings. The van der Waals surface area contributed by atoms with Crippen molar-refractivity contribution in [3.8, 4) is 11.8 Å². The van der Waals surface area contributed by atoms with Crippen LogP contribution in [0.2, 0.25) is 0 Å². The van der Waals surface area contributed by atoms with Crippen LogP contribution in [0.4, 0.5) is 0 Å². The number of halogens is 1. The summed E-state index contributed by atoms with van der Waals surface area (Å²) in [6, 6.07) is 5.31. The van der Waals surface area contributed by atoms with Crippen molar-refractivity contribution in [1.29, 1.82) is 0 Å². The first-order valence-electron chi connectivity index (χ1n) is 4.93. The van der Waals surface area contributed by atoms with Crippen LogP contribution >= 0.6 is 11.6 Å². The predicted octanol–water partition coefficient (Wildman–Crippen LogP) is 2.76. The molecule has 16 heavy (non-hydrogen) atoms. The third-order valence-electron chi connectivity index (χ3n) is 2.09. The van der Waals surface area contributed by atoms with Gasteiger partial charge in [0.05, 0.1) is 12.7 Å². The van der Waals surface area contributed by atoms with Crippen LogP contribution in [0.5, 0.6) is 0 Å². The Hall–Kier alpha value is -1.46. The molecular formula is C13H13ClO2. The second-order valence-electron chi connectivity index (χ2n) is 3.26. The molecule has 84 valence electrons. The minimum atomic E-state index is -0.330. The van der Waals surface area contributed by atoms with Crippen molar-refractivity contribution >= 4 is 17.6 Å². The Bertz CT molecular complexity index is 441. The number of alkyl halides is 1. The molecule has 1 aromatic carbocycles. The first-order valence-corrected chi connectivity index (χ1v) is 5.46. The summed E-state index contributed by atoms with van der Waals surface area (Å²) in [5.41, 5.74) is 2.42. The van der Waals surface area contributed by atoms with Gasteiger partial charge in [0.1, 0.15) is 0 Å². The van der Waals surface area contributed by atoms with E-state index in [0.717, 1.165) is 11.1 Å². The smallest absolute Gasteiger partial charge is 0.337 e. The minimum absolute atomic E-state index is 0.330. The van der Waals surface area contributed by atoms with E-state index < -0.39 is 0 Å². The van der Waals surface area contributed by atoms with Gasteiger partial charge in [-0.2, -0.15) is 0 Å². The lowest BCUT2D eigenvalue weighted by atomic mass is 10.1. The van der Waals surface area contributed by atoms with Gasteiger partial charge in [-0.15, -0.1) is 11.6 Å². The molecule has 3 heteroatoms. The van der Waals surface area contributed by atoms with Gasteiger partial charge < -0.3 is 4.74 Å². The third-order valence-corrected chi connectivity index (χ3v) is 2.28. The second-order valence-corrected chi connectivity index (χ2v) is 3.64. The number of hydrogen-bond donors (Lipinski definition) is 0. The van der Waals surface area contributed by atoms with E-state index in [4.69, 9.17) is 11.6 Å². The van der Waals surface area contributed by atoms with Crippen LogP contribution in [0.1, 0.15) is 27.9 Å². The van der Waals surface area contributed by atoms with E-state index in [-0.39, 0.29) is 5.97 Å². The molecule has 0 aliphatic carbocycles. The molecule has 0 aliphatic rings. The maximum absolute atomic E-state index is 11.3. The van der Waals surface area contributed by atoms with Crippen molar-refractivity contribution in [2.24, 2.45) is 0 Å². The second kappa shape index (κ2) is 6.19. The molecule has 0 bridgehead atoms. The third kappa shape index (κ3) is 3.29. The summed E-state index contributed by atoms with van der Waals surface area (Å²) in [6.07, 6.45) is 0.666. The molecule has 0 N–H and O–H groups in total. The fraction of sp³-hybridized carbons (Fsp3) is 0.308. The monoisotopic (exact) mass is 236 g/mol. The van der Waals surface area contributed by atoms with E-state index >= 15 is 0 Å². The Morgan fingerprint density at radius 2 is 2.25 bits per heavy atom. The number of esters is 1. The summed E-state index contributed by atoms with van der Waals surface area (Å²) < 4.78 is 4.64. The zero-order valence-corrected chi connectivity index (χ0v) is 10.1. The molecular weight excluding hydrogens is 224 g/mol. The van der Waals surface area contributed by atoms with E-state index in [1.165, 1.54) is 7.11 Å². The number of ether oxygens (including phenoxy) is 1. The molecule has 0 atom stereocenters. The van der Waals surface area contributed by atoms with Crippen molar-refractivity contribution in [1.82, 2.24) is 0 Å². The average Bonchev–Trinajstić information content (AvgIpc) is 2.30. The first-order chi connectivity index (χ1) is 7.69. The number of carbonyl (C=O) groups excluding carboxylic acids is 1. The molecule has 0 aromatic heterocycles. The van der Waals surface area contributed by atoms with E-state index in [2.05, 4.69) is 16.6 Å². The molecule has 1 rings (SSSR count). The molecule has 0 heterocycles. The molecule has 0 saturated heterocycles. The summed E-state index contributed by atoms with van der Waals surface area (Å²) in [6.45, 7) is 1.91. The number of benzene rings is 1. The van der Waals surface area contributed by atoms with Crippen LogP contribution in [0.15, 0.2) is 18.2 Å². The molecule has 0 radical (unpaired) electrons. The average molecular weight is 237 g/mol. The largest absolute Gasteiger partial charge is 0.465 e. The zero-order valence-electron chi connectivity index (χ0n) is 9.34. The number of aryl methyl sites for hydroxylation is 1. The first kappa shape index (κ1) is 12.6. The predicted molar refractivity (Wildman–Crippen MR) is 64.7 cm³/mol. The van der Waals surface area contributed by atoms with Gasteiger partial charge in [0.15, 0.2) is 0 Å². The lowest BCUT2D eigenvalue weighted by Crippen LogP contribution is -2.01. The summed E-state index contributed by atoms with van der Waals surface area (Å²) in [7, 11) is 1.37. The number of methoxy groups -OCH3 is 1. The van der Waals surface area contributed by atoms with Crippen molar-refractivity contribution in [3.63, 3.8) is 0 Å². The minimum Gasteiger partial charge on any atom is -0.465 e. The Kier molecular flexibility index (Phi) is 4.88. The van der Waals surface area contributed by atoms with Crippen molar-refractivity contribution in [3.05, 3.63) is 34.9 Å². The van der Waals surface area contributed by atoms with Crippen LogP contribution in [-0.4, -0.2) is 19.0 Å². The van der Waals surface area contributed by atoms with Gasteiger partial charge in [-0.25, -0.2) is 4.79 Å². The Morgan fingerprint density at radius 3 is 2.81 bits per heavy atom. The number of rotatable bonds is 2. The SMILES string of the molecule is COC(=O)c1ccc(C#CCCCl)c(C)c1. The van der Waals surface area contributed by atoms with E-state index in [0.29, 0.717) is 17.9 Å². The fourth-order valence-electron chi connectivity index (χ4n) is 1.25. The van der Waals surface area contributed by atoms with Gasteiger partial charge in [0.2, 0.25) is 0 Å². The molecule has 0 unspecified atom stereocenters. The van der Waals surface area contributed by atoms with Gasteiger partial charge in [0.25, 0.3) is 0 Å². The van der Waals surface area contributed by atoms with Crippen LogP contribution in [-0.2, 0) is 4.74 Å². The number of hydrogen-bond acceptors (Lipinski definition) is 2. The molecule has 0 saturated carbocycles. The van der Waals surface area contributed by atoms with Gasteiger partial charge in [-0.05, 0) is 30.7 Å². The molecule has 0 amide bonds. The van der Waals surface area contributed by atoms with Gasteiger partial charge in [-0.1, -0.05) is 11.8 Å². The maximum Gasteiger partial charge on any atom is 0.337 e. The highest BCUT2D eigenvalue weighted by atomic mass is 35.5. The van der Waals surface area contributed by atoms with Gasteiger partial charge in [0, 0.05) is 17.9 Å². The van der Waals surface area contributed by atoms with Crippen molar-refractivity contribution in [2.45, 2.75) is 13.3 Å². The van der Waals surface area contributed by atoms with E-state index in [1.54, 1.807) is 12.1 Å². The van der Waals surface area contributed by atoms with Crippen LogP contribution in [0, 0.1) is 18.8 Å². The van der Waals surface area contributed by atoms with Crippen molar-refractivity contribution < 1.29 is 9.53 Å². The van der Waals surface area contributed by atoms with Crippen LogP contribution < -0.4 is 0 Å². The summed E-state index contributed by atoms with van der Waals surface area (Å²) in [4.78, 5) is 11.3. The highest BCUT2D eigenvalue weighted by Gasteiger charge is 2.05. The standard InChI is InChI=1S/C13H13ClO2/c1-10-9-12(13(15)16-2)7-6-11(10)5-3-4-8-14/h6-7,9H,4,8H2,1-2H3. The van der Waals surface area contributed by atoms with Gasteiger partial charge >= 0.3 is 5.97 Å². The lowest BCUT2D eigenvalue weighted by Gasteiger charge is -2.02. The fourth-order valence-corrected chi connectivity index (χ4v) is 1.35. The zero-order chi connectivity index (χ0) is 12.0. The molecule has 0 aliphatic heterocycles. The topological polar surface area (TPSA) is 26.3 Å². The molecule has 2 nitrogen and oxygen atoms in total. The highest BCUT2D eigenvalue weighted by molar-refractivity contribution is 6.18. The molecule has 0 fully saturated rings. The summed E-state index contributed by atoms with van der Waals surface area (Å²) in [5.74, 6) is 6.17. The van der Waals surface area contributed by atoms with Crippen molar-refractivity contribution in [2.75, 3.05) is 13.0 Å². The van der Waals surface area contributed by atoms with Crippen LogP contribution in [0.25, 0.3) is 0 Å². The maximum atomic E-state index is 11.3. The highest BCUT2D eigenvalue weighted by Crippen LogP contribution is 2.11. The normalized spacial score (nSPS) is 9.19. The Morgan fingerprint density at radius 1 is 1.50 bits per heavy atom. The Balaban J connectivity index is 2.93.